The summed E-state index contributed by atoms with van der Waals surface area (Å²) in [6.45, 7) is 7.69. The second-order valence-corrected chi connectivity index (χ2v) is 6.58. The van der Waals surface area contributed by atoms with Gasteiger partial charge in [0.2, 0.25) is 0 Å². The number of rotatable bonds is 11. The number of halogens is 1. The van der Waals surface area contributed by atoms with Gasteiger partial charge in [-0.1, -0.05) is 12.1 Å². The highest BCUT2D eigenvalue weighted by Gasteiger charge is 2.15. The SMILES string of the molecule is CCNC(=NCCCc1cccc(F)c1)NCCCOCC1CCOC1. The highest BCUT2D eigenvalue weighted by molar-refractivity contribution is 5.79. The maximum atomic E-state index is 13.2. The summed E-state index contributed by atoms with van der Waals surface area (Å²) in [4.78, 5) is 4.58. The van der Waals surface area contributed by atoms with E-state index in [0.29, 0.717) is 12.5 Å². The number of benzene rings is 1. The number of aliphatic imine (C=N–C) groups is 1. The molecule has 1 atom stereocenters. The average molecular weight is 365 g/mol. The van der Waals surface area contributed by atoms with E-state index >= 15 is 0 Å². The Morgan fingerprint density at radius 3 is 3.04 bits per heavy atom. The van der Waals surface area contributed by atoms with Crippen LogP contribution < -0.4 is 10.6 Å². The van der Waals surface area contributed by atoms with Crippen molar-refractivity contribution in [3.05, 3.63) is 35.6 Å². The monoisotopic (exact) mass is 365 g/mol. The smallest absolute Gasteiger partial charge is 0.191 e. The van der Waals surface area contributed by atoms with Crippen molar-refractivity contribution in [2.24, 2.45) is 10.9 Å². The van der Waals surface area contributed by atoms with E-state index in [4.69, 9.17) is 9.47 Å². The van der Waals surface area contributed by atoms with Crippen molar-refractivity contribution in [2.75, 3.05) is 46.1 Å². The van der Waals surface area contributed by atoms with Crippen LogP contribution >= 0.6 is 0 Å². The topological polar surface area (TPSA) is 54.9 Å². The molecule has 6 heteroatoms. The Morgan fingerprint density at radius 1 is 1.35 bits per heavy atom. The molecule has 1 aliphatic rings. The number of hydrogen-bond donors (Lipinski definition) is 2. The maximum absolute atomic E-state index is 13.2. The van der Waals surface area contributed by atoms with Gasteiger partial charge in [-0.3, -0.25) is 4.99 Å². The normalized spacial score (nSPS) is 17.5. The van der Waals surface area contributed by atoms with Crippen LogP contribution in [0.2, 0.25) is 0 Å². The molecule has 0 aromatic heterocycles. The number of guanidine groups is 1. The van der Waals surface area contributed by atoms with Crippen LogP contribution in [0, 0.1) is 11.7 Å². The van der Waals surface area contributed by atoms with Crippen LogP contribution in [0.15, 0.2) is 29.3 Å². The van der Waals surface area contributed by atoms with Crippen molar-refractivity contribution in [3.8, 4) is 0 Å². The highest BCUT2D eigenvalue weighted by atomic mass is 19.1. The zero-order chi connectivity index (χ0) is 18.5. The summed E-state index contributed by atoms with van der Waals surface area (Å²) in [6, 6.07) is 6.76. The zero-order valence-electron chi connectivity index (χ0n) is 15.8. The largest absolute Gasteiger partial charge is 0.381 e. The molecule has 2 rings (SSSR count). The second kappa shape index (κ2) is 12.7. The molecule has 1 heterocycles. The molecule has 1 fully saturated rings. The summed E-state index contributed by atoms with van der Waals surface area (Å²) in [7, 11) is 0. The molecule has 0 saturated carbocycles. The van der Waals surface area contributed by atoms with Gasteiger partial charge in [-0.15, -0.1) is 0 Å². The van der Waals surface area contributed by atoms with E-state index < -0.39 is 0 Å². The Kier molecular flexibility index (Phi) is 10.1. The Hall–Kier alpha value is -1.66. The Morgan fingerprint density at radius 2 is 2.27 bits per heavy atom. The van der Waals surface area contributed by atoms with Crippen molar-refractivity contribution in [1.82, 2.24) is 10.6 Å². The van der Waals surface area contributed by atoms with Crippen LogP contribution in [0.4, 0.5) is 4.39 Å². The van der Waals surface area contributed by atoms with Gasteiger partial charge in [-0.2, -0.15) is 0 Å². The summed E-state index contributed by atoms with van der Waals surface area (Å²) in [5.41, 5.74) is 1.02. The number of ether oxygens (including phenoxy) is 2. The first-order valence-electron chi connectivity index (χ1n) is 9.70. The Labute approximate surface area is 156 Å². The minimum Gasteiger partial charge on any atom is -0.381 e. The van der Waals surface area contributed by atoms with Crippen LogP contribution in [0.1, 0.15) is 31.7 Å². The molecular weight excluding hydrogens is 333 g/mol. The first-order valence-corrected chi connectivity index (χ1v) is 9.70. The second-order valence-electron chi connectivity index (χ2n) is 6.58. The third kappa shape index (κ3) is 8.63. The van der Waals surface area contributed by atoms with E-state index in [1.165, 1.54) is 6.07 Å². The lowest BCUT2D eigenvalue weighted by Gasteiger charge is -2.12. The van der Waals surface area contributed by atoms with E-state index in [1.54, 1.807) is 12.1 Å². The zero-order valence-corrected chi connectivity index (χ0v) is 15.8. The van der Waals surface area contributed by atoms with Gasteiger partial charge in [0.05, 0.1) is 13.2 Å². The Balaban J connectivity index is 1.56. The predicted octanol–water partition coefficient (Wildman–Crippen LogP) is 2.76. The summed E-state index contributed by atoms with van der Waals surface area (Å²) in [5.74, 6) is 1.22. The number of nitrogens with zero attached hydrogens (tertiary/aromatic N) is 1. The fourth-order valence-electron chi connectivity index (χ4n) is 2.85. The third-order valence-electron chi connectivity index (χ3n) is 4.26. The van der Waals surface area contributed by atoms with E-state index in [-0.39, 0.29) is 5.82 Å². The Bertz CT molecular complexity index is 534. The van der Waals surface area contributed by atoms with Crippen LogP contribution in [0.25, 0.3) is 0 Å². The van der Waals surface area contributed by atoms with Gasteiger partial charge in [-0.25, -0.2) is 4.39 Å². The summed E-state index contributed by atoms with van der Waals surface area (Å²) in [6.07, 6.45) is 3.79. The van der Waals surface area contributed by atoms with Crippen molar-refractivity contribution >= 4 is 5.96 Å². The standard InChI is InChI=1S/C20H32FN3O2/c1-2-22-20(23-10-4-7-17-6-3-8-19(21)14-17)24-11-5-12-25-15-18-9-13-26-16-18/h3,6,8,14,18H,2,4-5,7,9-13,15-16H2,1H3,(H2,22,23,24). The molecule has 0 amide bonds. The molecule has 146 valence electrons. The predicted molar refractivity (Wildman–Crippen MR) is 103 cm³/mol. The number of nitrogens with one attached hydrogen (secondary N) is 2. The molecule has 0 aliphatic carbocycles. The lowest BCUT2D eigenvalue weighted by molar-refractivity contribution is 0.0888. The van der Waals surface area contributed by atoms with Crippen molar-refractivity contribution < 1.29 is 13.9 Å². The summed E-state index contributed by atoms with van der Waals surface area (Å²) >= 11 is 0. The summed E-state index contributed by atoms with van der Waals surface area (Å²) in [5, 5.41) is 6.58. The molecule has 0 spiro atoms. The van der Waals surface area contributed by atoms with Crippen molar-refractivity contribution in [1.29, 1.82) is 0 Å². The van der Waals surface area contributed by atoms with E-state index in [1.807, 2.05) is 6.07 Å². The third-order valence-corrected chi connectivity index (χ3v) is 4.26. The fraction of sp³-hybridized carbons (Fsp3) is 0.650. The van der Waals surface area contributed by atoms with E-state index in [2.05, 4.69) is 22.5 Å². The van der Waals surface area contributed by atoms with Gasteiger partial charge in [0.25, 0.3) is 0 Å². The molecule has 2 N–H and O–H groups in total. The lowest BCUT2D eigenvalue weighted by Crippen LogP contribution is -2.38. The summed E-state index contributed by atoms with van der Waals surface area (Å²) < 4.78 is 24.2. The first-order chi connectivity index (χ1) is 12.8. The quantitative estimate of drug-likeness (QED) is 0.360. The van der Waals surface area contributed by atoms with Crippen molar-refractivity contribution in [3.63, 3.8) is 0 Å². The van der Waals surface area contributed by atoms with Gasteiger partial charge in [0, 0.05) is 38.8 Å². The van der Waals surface area contributed by atoms with E-state index in [9.17, 15) is 4.39 Å². The van der Waals surface area contributed by atoms with Crippen LogP contribution in [0.5, 0.6) is 0 Å². The van der Waals surface area contributed by atoms with Gasteiger partial charge < -0.3 is 20.1 Å². The number of aryl methyl sites for hydroxylation is 1. The molecule has 1 unspecified atom stereocenters. The minimum atomic E-state index is -0.177. The molecule has 0 radical (unpaired) electrons. The van der Waals surface area contributed by atoms with Crippen LogP contribution in [0.3, 0.4) is 0 Å². The van der Waals surface area contributed by atoms with Gasteiger partial charge >= 0.3 is 0 Å². The molecule has 26 heavy (non-hydrogen) atoms. The van der Waals surface area contributed by atoms with Crippen LogP contribution in [-0.2, 0) is 15.9 Å². The van der Waals surface area contributed by atoms with Gasteiger partial charge in [0.15, 0.2) is 5.96 Å². The molecule has 0 bridgehead atoms. The maximum Gasteiger partial charge on any atom is 0.191 e. The highest BCUT2D eigenvalue weighted by Crippen LogP contribution is 2.12. The molecule has 1 aromatic carbocycles. The van der Waals surface area contributed by atoms with E-state index in [0.717, 1.165) is 76.7 Å². The van der Waals surface area contributed by atoms with Gasteiger partial charge in [-0.05, 0) is 50.3 Å². The minimum absolute atomic E-state index is 0.177. The molecule has 1 saturated heterocycles. The first kappa shape index (κ1) is 20.6. The number of hydrogen-bond acceptors (Lipinski definition) is 3. The molecule has 5 nitrogen and oxygen atoms in total. The lowest BCUT2D eigenvalue weighted by atomic mass is 10.1. The fourth-order valence-corrected chi connectivity index (χ4v) is 2.85. The molecule has 1 aliphatic heterocycles. The van der Waals surface area contributed by atoms with Crippen molar-refractivity contribution in [2.45, 2.75) is 32.6 Å². The molecular formula is C20H32FN3O2. The van der Waals surface area contributed by atoms with Crippen LogP contribution in [-0.4, -0.2) is 52.0 Å². The molecule has 1 aromatic rings. The van der Waals surface area contributed by atoms with Gasteiger partial charge in [0.1, 0.15) is 5.82 Å². The average Bonchev–Trinajstić information content (AvgIpc) is 3.15.